The fraction of sp³-hybridized carbons (Fsp3) is 0.968. The number of unbranched alkanes of at least 4 members (excludes halogenated alkanes) is 10. The van der Waals surface area contributed by atoms with Crippen LogP contribution in [0, 0.1) is 10.8 Å². The molecule has 228 valence electrons. The number of nitrogens with one attached hydrogen (secondary N) is 1. The second kappa shape index (κ2) is 24.0. The smallest absolute Gasteiger partial charge is 0.407 e. The van der Waals surface area contributed by atoms with Gasteiger partial charge in [-0.1, -0.05) is 106 Å². The highest BCUT2D eigenvalue weighted by Crippen LogP contribution is 2.20. The molecule has 0 aliphatic heterocycles. The second-order valence-corrected chi connectivity index (χ2v) is 12.3. The lowest BCUT2D eigenvalue weighted by Gasteiger charge is -2.28. The van der Waals surface area contributed by atoms with Gasteiger partial charge in [-0.05, 0) is 12.8 Å². The number of methoxy groups -OCH3 is 1. The van der Waals surface area contributed by atoms with Crippen molar-refractivity contribution < 1.29 is 28.5 Å². The Balaban J connectivity index is 4.35. The molecule has 0 aromatic rings. The van der Waals surface area contributed by atoms with E-state index in [0.717, 1.165) is 19.4 Å². The molecule has 0 saturated heterocycles. The van der Waals surface area contributed by atoms with E-state index in [0.29, 0.717) is 39.6 Å². The van der Waals surface area contributed by atoms with Gasteiger partial charge < -0.3 is 29.0 Å². The predicted molar refractivity (Wildman–Crippen MR) is 157 cm³/mol. The molecule has 7 heteroatoms. The molecule has 0 heterocycles. The molecule has 0 fully saturated rings. The summed E-state index contributed by atoms with van der Waals surface area (Å²) < 4.78 is 28.6. The molecule has 0 aromatic heterocycles. The van der Waals surface area contributed by atoms with E-state index >= 15 is 0 Å². The largest absolute Gasteiger partial charge is 0.449 e. The van der Waals surface area contributed by atoms with Gasteiger partial charge in [0.05, 0.1) is 32.5 Å². The lowest BCUT2D eigenvalue weighted by atomic mass is 9.94. The zero-order valence-corrected chi connectivity index (χ0v) is 26.2. The predicted octanol–water partition coefficient (Wildman–Crippen LogP) is 7.55. The number of amides is 1. The van der Waals surface area contributed by atoms with Gasteiger partial charge >= 0.3 is 6.09 Å². The number of ether oxygens (including phenoxy) is 5. The van der Waals surface area contributed by atoms with Gasteiger partial charge in [-0.25, -0.2) is 4.79 Å². The molecule has 0 spiro atoms. The Morgan fingerprint density at radius 2 is 1.21 bits per heavy atom. The SMILES string of the molecule is CCCCCCCCOCC(CNC(=O)OCC(C)(C)COCC(C)(C)COC)OCCCCCCCC. The maximum absolute atomic E-state index is 12.4. The molecular weight excluding hydrogens is 482 g/mol. The molecule has 38 heavy (non-hydrogen) atoms. The molecule has 0 aromatic carbocycles. The van der Waals surface area contributed by atoms with Crippen LogP contribution >= 0.6 is 0 Å². The summed E-state index contributed by atoms with van der Waals surface area (Å²) in [6.45, 7) is 17.1. The lowest BCUT2D eigenvalue weighted by Crippen LogP contribution is -2.39. The normalized spacial score (nSPS) is 13.0. The van der Waals surface area contributed by atoms with E-state index in [-0.39, 0.29) is 23.5 Å². The number of hydrogen-bond donors (Lipinski definition) is 1. The summed E-state index contributed by atoms with van der Waals surface area (Å²) in [6, 6.07) is 0. The topological polar surface area (TPSA) is 75.3 Å². The van der Waals surface area contributed by atoms with Crippen LogP contribution in [0.1, 0.15) is 119 Å². The van der Waals surface area contributed by atoms with Crippen molar-refractivity contribution in [3.05, 3.63) is 0 Å². The van der Waals surface area contributed by atoms with E-state index in [2.05, 4.69) is 33.0 Å². The van der Waals surface area contributed by atoms with Crippen LogP contribution in [0.2, 0.25) is 0 Å². The van der Waals surface area contributed by atoms with Crippen molar-refractivity contribution in [2.75, 3.05) is 59.9 Å². The van der Waals surface area contributed by atoms with E-state index in [4.69, 9.17) is 23.7 Å². The number of hydrogen-bond acceptors (Lipinski definition) is 6. The highest BCUT2D eigenvalue weighted by atomic mass is 16.6. The molecule has 0 rings (SSSR count). The molecule has 0 saturated carbocycles. The maximum atomic E-state index is 12.4. The van der Waals surface area contributed by atoms with Crippen molar-refractivity contribution in [3.8, 4) is 0 Å². The van der Waals surface area contributed by atoms with E-state index in [9.17, 15) is 4.79 Å². The molecule has 0 radical (unpaired) electrons. The average molecular weight is 546 g/mol. The Kier molecular flexibility index (Phi) is 23.4. The van der Waals surface area contributed by atoms with Crippen LogP contribution in [0.15, 0.2) is 0 Å². The minimum atomic E-state index is -0.429. The van der Waals surface area contributed by atoms with Crippen molar-refractivity contribution in [3.63, 3.8) is 0 Å². The Bertz CT molecular complexity index is 540. The van der Waals surface area contributed by atoms with Crippen molar-refractivity contribution in [2.45, 2.75) is 125 Å². The molecule has 7 nitrogen and oxygen atoms in total. The fourth-order valence-corrected chi connectivity index (χ4v) is 4.08. The van der Waals surface area contributed by atoms with Crippen LogP contribution in [-0.2, 0) is 23.7 Å². The Morgan fingerprint density at radius 1 is 0.684 bits per heavy atom. The highest BCUT2D eigenvalue weighted by Gasteiger charge is 2.24. The first kappa shape index (κ1) is 37.1. The minimum Gasteiger partial charge on any atom is -0.449 e. The van der Waals surface area contributed by atoms with E-state index in [1.165, 1.54) is 64.2 Å². The lowest BCUT2D eigenvalue weighted by molar-refractivity contribution is -0.0317. The average Bonchev–Trinajstić information content (AvgIpc) is 2.86. The summed E-state index contributed by atoms with van der Waals surface area (Å²) in [4.78, 5) is 12.4. The monoisotopic (exact) mass is 545 g/mol. The van der Waals surface area contributed by atoms with Crippen LogP contribution in [0.4, 0.5) is 4.79 Å². The molecule has 0 aliphatic rings. The van der Waals surface area contributed by atoms with Gasteiger partial charge in [0.15, 0.2) is 0 Å². The summed E-state index contributed by atoms with van der Waals surface area (Å²) >= 11 is 0. The summed E-state index contributed by atoms with van der Waals surface area (Å²) in [5, 5.41) is 2.87. The van der Waals surface area contributed by atoms with Gasteiger partial charge in [0.2, 0.25) is 0 Å². The molecule has 0 aliphatic carbocycles. The molecule has 1 N–H and O–H groups in total. The third kappa shape index (κ3) is 24.2. The van der Waals surface area contributed by atoms with Gasteiger partial charge in [-0.15, -0.1) is 0 Å². The van der Waals surface area contributed by atoms with E-state index in [1.54, 1.807) is 7.11 Å². The molecule has 0 bridgehead atoms. The van der Waals surface area contributed by atoms with Crippen molar-refractivity contribution in [2.24, 2.45) is 10.8 Å². The van der Waals surface area contributed by atoms with Crippen molar-refractivity contribution in [1.29, 1.82) is 0 Å². The third-order valence-corrected chi connectivity index (χ3v) is 6.39. The maximum Gasteiger partial charge on any atom is 0.407 e. The Morgan fingerprint density at radius 3 is 1.79 bits per heavy atom. The fourth-order valence-electron chi connectivity index (χ4n) is 4.08. The van der Waals surface area contributed by atoms with Crippen LogP contribution in [0.25, 0.3) is 0 Å². The highest BCUT2D eigenvalue weighted by molar-refractivity contribution is 5.67. The molecule has 1 unspecified atom stereocenters. The van der Waals surface area contributed by atoms with Crippen LogP contribution in [0.5, 0.6) is 0 Å². The summed E-state index contributed by atoms with van der Waals surface area (Å²) in [5.74, 6) is 0. The Labute approximate surface area is 235 Å². The number of rotatable bonds is 27. The molecule has 1 atom stereocenters. The zero-order chi connectivity index (χ0) is 28.5. The summed E-state index contributed by atoms with van der Waals surface area (Å²) in [5.41, 5.74) is -0.334. The second-order valence-electron chi connectivity index (χ2n) is 12.3. The van der Waals surface area contributed by atoms with Gasteiger partial charge in [0.1, 0.15) is 6.61 Å². The van der Waals surface area contributed by atoms with Crippen LogP contribution in [0.3, 0.4) is 0 Å². The molecule has 1 amide bonds. The Hall–Kier alpha value is -0.890. The standard InChI is InChI=1S/C31H63NO6/c1-8-10-12-14-16-18-20-35-23-28(37-21-19-17-15-13-11-9-2)22-32-29(33)38-27-31(5,6)26-36-25-30(3,4)24-34-7/h28H,8-27H2,1-7H3,(H,32,33). The zero-order valence-electron chi connectivity index (χ0n) is 26.2. The van der Waals surface area contributed by atoms with Gasteiger partial charge in [-0.3, -0.25) is 0 Å². The number of carbonyl (C=O) groups excluding carboxylic acids is 1. The quantitative estimate of drug-likeness (QED) is 0.107. The van der Waals surface area contributed by atoms with Gasteiger partial charge in [0.25, 0.3) is 0 Å². The summed E-state index contributed by atoms with van der Waals surface area (Å²) in [7, 11) is 1.70. The van der Waals surface area contributed by atoms with Crippen LogP contribution < -0.4 is 5.32 Å². The first-order valence-electron chi connectivity index (χ1n) is 15.3. The summed E-state index contributed by atoms with van der Waals surface area (Å²) in [6.07, 6.45) is 14.2. The molecular formula is C31H63NO6. The third-order valence-electron chi connectivity index (χ3n) is 6.39. The van der Waals surface area contributed by atoms with E-state index < -0.39 is 6.09 Å². The van der Waals surface area contributed by atoms with Crippen molar-refractivity contribution in [1.82, 2.24) is 5.32 Å². The minimum absolute atomic E-state index is 0.0509. The first-order chi connectivity index (χ1) is 18.2. The van der Waals surface area contributed by atoms with Gasteiger partial charge in [0, 0.05) is 37.7 Å². The van der Waals surface area contributed by atoms with Crippen molar-refractivity contribution >= 4 is 6.09 Å². The number of alkyl carbamates (subject to hydrolysis) is 1. The van der Waals surface area contributed by atoms with Crippen LogP contribution in [-0.4, -0.2) is 72.1 Å². The van der Waals surface area contributed by atoms with Gasteiger partial charge in [-0.2, -0.15) is 0 Å². The van der Waals surface area contributed by atoms with E-state index in [1.807, 2.05) is 13.8 Å². The first-order valence-corrected chi connectivity index (χ1v) is 15.3. The number of carbonyl (C=O) groups is 1.